The SMILES string of the molecule is c1ccc(OP2OCC3(COC3)CO2)cc1. The van der Waals surface area contributed by atoms with Crippen LogP contribution in [0.5, 0.6) is 5.75 Å². The van der Waals surface area contributed by atoms with Gasteiger partial charge in [0.1, 0.15) is 5.75 Å². The van der Waals surface area contributed by atoms with Crippen LogP contribution in [0, 0.1) is 5.41 Å². The Morgan fingerprint density at radius 2 is 1.69 bits per heavy atom. The Labute approximate surface area is 95.5 Å². The van der Waals surface area contributed by atoms with E-state index in [-0.39, 0.29) is 5.41 Å². The van der Waals surface area contributed by atoms with Crippen molar-refractivity contribution in [1.29, 1.82) is 0 Å². The summed E-state index contributed by atoms with van der Waals surface area (Å²) in [6.45, 7) is 2.82. The summed E-state index contributed by atoms with van der Waals surface area (Å²) in [5, 5.41) is 0. The van der Waals surface area contributed by atoms with Crippen LogP contribution in [0.2, 0.25) is 0 Å². The summed E-state index contributed by atoms with van der Waals surface area (Å²) in [6.07, 6.45) is 0. The van der Waals surface area contributed by atoms with Crippen molar-refractivity contribution >= 4 is 8.60 Å². The molecule has 0 amide bonds. The maximum absolute atomic E-state index is 5.60. The van der Waals surface area contributed by atoms with E-state index in [9.17, 15) is 0 Å². The molecule has 0 N–H and O–H groups in total. The van der Waals surface area contributed by atoms with E-state index in [1.54, 1.807) is 0 Å². The van der Waals surface area contributed by atoms with Crippen molar-refractivity contribution < 1.29 is 18.3 Å². The van der Waals surface area contributed by atoms with Crippen molar-refractivity contribution in [3.05, 3.63) is 30.3 Å². The number of para-hydroxylation sites is 1. The molecule has 2 saturated heterocycles. The number of hydrogen-bond donors (Lipinski definition) is 0. The van der Waals surface area contributed by atoms with Crippen molar-refractivity contribution in [2.75, 3.05) is 26.4 Å². The van der Waals surface area contributed by atoms with Crippen LogP contribution in [0.3, 0.4) is 0 Å². The van der Waals surface area contributed by atoms with E-state index in [1.165, 1.54) is 0 Å². The highest BCUT2D eigenvalue weighted by molar-refractivity contribution is 7.42. The fourth-order valence-electron chi connectivity index (χ4n) is 1.64. The Morgan fingerprint density at radius 3 is 2.25 bits per heavy atom. The van der Waals surface area contributed by atoms with E-state index in [1.807, 2.05) is 30.3 Å². The smallest absolute Gasteiger partial charge is 0.397 e. The Morgan fingerprint density at radius 1 is 1.00 bits per heavy atom. The molecule has 0 aliphatic carbocycles. The van der Waals surface area contributed by atoms with E-state index in [0.717, 1.165) is 19.0 Å². The number of hydrogen-bond acceptors (Lipinski definition) is 4. The summed E-state index contributed by atoms with van der Waals surface area (Å²) < 4.78 is 21.9. The zero-order chi connectivity index (χ0) is 10.8. The van der Waals surface area contributed by atoms with Gasteiger partial charge in [-0.05, 0) is 12.1 Å². The van der Waals surface area contributed by atoms with Gasteiger partial charge in [-0.2, -0.15) is 0 Å². The van der Waals surface area contributed by atoms with Gasteiger partial charge in [0, 0.05) is 0 Å². The predicted molar refractivity (Wildman–Crippen MR) is 59.1 cm³/mol. The molecular weight excluding hydrogens is 227 g/mol. The molecule has 3 rings (SSSR count). The summed E-state index contributed by atoms with van der Waals surface area (Å²) >= 11 is 0. The lowest BCUT2D eigenvalue weighted by Crippen LogP contribution is -2.51. The number of rotatable bonds is 2. The molecule has 2 aliphatic heterocycles. The van der Waals surface area contributed by atoms with E-state index >= 15 is 0 Å². The van der Waals surface area contributed by atoms with Crippen LogP contribution in [-0.4, -0.2) is 26.4 Å². The molecule has 5 heteroatoms. The Kier molecular flexibility index (Phi) is 2.82. The molecule has 2 heterocycles. The highest BCUT2D eigenvalue weighted by atomic mass is 31.2. The van der Waals surface area contributed by atoms with Gasteiger partial charge >= 0.3 is 8.60 Å². The van der Waals surface area contributed by atoms with Crippen LogP contribution in [-0.2, 0) is 13.8 Å². The first-order valence-corrected chi connectivity index (χ1v) is 6.33. The fraction of sp³-hybridized carbons (Fsp3) is 0.455. The van der Waals surface area contributed by atoms with Crippen molar-refractivity contribution in [1.82, 2.24) is 0 Å². The maximum Gasteiger partial charge on any atom is 0.397 e. The summed E-state index contributed by atoms with van der Waals surface area (Å²) in [5.74, 6) is 0.787. The van der Waals surface area contributed by atoms with Gasteiger partial charge < -0.3 is 18.3 Å². The Hall–Kier alpha value is -0.670. The quantitative estimate of drug-likeness (QED) is 0.743. The predicted octanol–water partition coefficient (Wildman–Crippen LogP) is 2.36. The second kappa shape index (κ2) is 4.30. The highest BCUT2D eigenvalue weighted by Crippen LogP contribution is 2.48. The summed E-state index contributed by atoms with van der Waals surface area (Å²) in [4.78, 5) is 0. The first-order chi connectivity index (χ1) is 7.86. The molecule has 0 atom stereocenters. The molecule has 0 aromatic heterocycles. The molecule has 0 unspecified atom stereocenters. The molecule has 16 heavy (non-hydrogen) atoms. The van der Waals surface area contributed by atoms with Gasteiger partial charge in [0.2, 0.25) is 0 Å². The monoisotopic (exact) mass is 240 g/mol. The number of benzene rings is 1. The van der Waals surface area contributed by atoms with E-state index in [4.69, 9.17) is 18.3 Å². The molecule has 1 aromatic carbocycles. The van der Waals surface area contributed by atoms with Gasteiger partial charge in [-0.15, -0.1) is 0 Å². The second-order valence-electron chi connectivity index (χ2n) is 4.17. The zero-order valence-corrected chi connectivity index (χ0v) is 9.69. The Balaban J connectivity index is 1.54. The van der Waals surface area contributed by atoms with Gasteiger partial charge in [0.25, 0.3) is 0 Å². The normalized spacial score (nSPS) is 24.0. The van der Waals surface area contributed by atoms with Crippen LogP contribution in [0.15, 0.2) is 30.3 Å². The lowest BCUT2D eigenvalue weighted by atomic mass is 9.88. The molecular formula is C11H13O4P. The van der Waals surface area contributed by atoms with E-state index in [0.29, 0.717) is 13.2 Å². The lowest BCUT2D eigenvalue weighted by Gasteiger charge is -2.44. The van der Waals surface area contributed by atoms with Crippen LogP contribution in [0.25, 0.3) is 0 Å². The fourth-order valence-corrected chi connectivity index (χ4v) is 2.87. The van der Waals surface area contributed by atoms with Gasteiger partial charge in [0.15, 0.2) is 0 Å². The van der Waals surface area contributed by atoms with Crippen LogP contribution >= 0.6 is 8.60 Å². The zero-order valence-electron chi connectivity index (χ0n) is 8.80. The molecule has 1 aromatic rings. The van der Waals surface area contributed by atoms with Crippen molar-refractivity contribution in [2.24, 2.45) is 5.41 Å². The van der Waals surface area contributed by atoms with Crippen LogP contribution in [0.1, 0.15) is 0 Å². The molecule has 0 radical (unpaired) electrons. The lowest BCUT2D eigenvalue weighted by molar-refractivity contribution is -0.165. The third-order valence-electron chi connectivity index (χ3n) is 2.69. The largest absolute Gasteiger partial charge is 0.427 e. The second-order valence-corrected chi connectivity index (χ2v) is 5.31. The summed E-state index contributed by atoms with van der Waals surface area (Å²) in [7, 11) is -1.23. The number of ether oxygens (including phenoxy) is 1. The molecule has 1 spiro atoms. The minimum absolute atomic E-state index is 0.0961. The molecule has 2 fully saturated rings. The van der Waals surface area contributed by atoms with Gasteiger partial charge in [0.05, 0.1) is 31.8 Å². The molecule has 0 saturated carbocycles. The summed E-state index contributed by atoms with van der Waals surface area (Å²) in [5.41, 5.74) is 0.0961. The Bertz CT molecular complexity index is 342. The highest BCUT2D eigenvalue weighted by Gasteiger charge is 2.45. The minimum atomic E-state index is -1.23. The average molecular weight is 240 g/mol. The van der Waals surface area contributed by atoms with Gasteiger partial charge in [-0.25, -0.2) is 0 Å². The summed E-state index contributed by atoms with van der Waals surface area (Å²) in [6, 6.07) is 9.59. The molecule has 4 nitrogen and oxygen atoms in total. The van der Waals surface area contributed by atoms with Crippen molar-refractivity contribution in [3.63, 3.8) is 0 Å². The van der Waals surface area contributed by atoms with Gasteiger partial charge in [-0.3, -0.25) is 0 Å². The van der Waals surface area contributed by atoms with Crippen LogP contribution in [0.4, 0.5) is 0 Å². The standard InChI is InChI=1S/C11H13O4P/c1-2-4-10(5-3-1)15-16-13-8-11(9-14-16)6-12-7-11/h1-5H,6-9H2. The van der Waals surface area contributed by atoms with Crippen molar-refractivity contribution in [3.8, 4) is 5.75 Å². The van der Waals surface area contributed by atoms with Crippen molar-refractivity contribution in [2.45, 2.75) is 0 Å². The average Bonchev–Trinajstić information content (AvgIpc) is 2.29. The van der Waals surface area contributed by atoms with E-state index in [2.05, 4.69) is 0 Å². The molecule has 86 valence electrons. The van der Waals surface area contributed by atoms with Gasteiger partial charge in [-0.1, -0.05) is 18.2 Å². The van der Waals surface area contributed by atoms with Crippen LogP contribution < -0.4 is 4.52 Å². The third-order valence-corrected chi connectivity index (χ3v) is 3.73. The third kappa shape index (κ3) is 2.06. The molecule has 2 aliphatic rings. The van der Waals surface area contributed by atoms with E-state index < -0.39 is 8.60 Å². The topological polar surface area (TPSA) is 36.9 Å². The first kappa shape index (κ1) is 10.5. The maximum atomic E-state index is 5.60. The molecule has 0 bridgehead atoms. The first-order valence-electron chi connectivity index (χ1n) is 5.23. The minimum Gasteiger partial charge on any atom is -0.427 e.